The van der Waals surface area contributed by atoms with Crippen LogP contribution in [0.2, 0.25) is 0 Å². The van der Waals surface area contributed by atoms with Crippen LogP contribution in [-0.2, 0) is 10.2 Å². The molecule has 0 saturated heterocycles. The third kappa shape index (κ3) is 3.71. The minimum atomic E-state index is 0.0547. The molecule has 1 atom stereocenters. The van der Waals surface area contributed by atoms with Crippen LogP contribution in [0.15, 0.2) is 12.1 Å². The van der Waals surface area contributed by atoms with E-state index in [0.717, 1.165) is 5.75 Å². The average molecular weight is 265 g/mol. The van der Waals surface area contributed by atoms with E-state index < -0.39 is 0 Å². The standard InChI is InChI=1S/C16H27NO2/c1-11-8-15(19-7)13(16(2,3)4)9-12(11)14(17-5)10-18-6/h8-9,14,17H,10H2,1-7H3. The Hall–Kier alpha value is -1.06. The largest absolute Gasteiger partial charge is 0.496 e. The predicted molar refractivity (Wildman–Crippen MR) is 80.1 cm³/mol. The first-order chi connectivity index (χ1) is 8.85. The minimum Gasteiger partial charge on any atom is -0.496 e. The minimum absolute atomic E-state index is 0.0547. The third-order valence-electron chi connectivity index (χ3n) is 3.45. The van der Waals surface area contributed by atoms with Gasteiger partial charge < -0.3 is 14.8 Å². The van der Waals surface area contributed by atoms with Crippen molar-refractivity contribution in [2.75, 3.05) is 27.9 Å². The number of aryl methyl sites for hydroxylation is 1. The highest BCUT2D eigenvalue weighted by Gasteiger charge is 2.22. The quantitative estimate of drug-likeness (QED) is 0.887. The lowest BCUT2D eigenvalue weighted by molar-refractivity contribution is 0.170. The van der Waals surface area contributed by atoms with Crippen molar-refractivity contribution in [2.45, 2.75) is 39.2 Å². The number of hydrogen-bond acceptors (Lipinski definition) is 3. The van der Waals surface area contributed by atoms with Gasteiger partial charge in [-0.15, -0.1) is 0 Å². The van der Waals surface area contributed by atoms with Crippen molar-refractivity contribution in [1.82, 2.24) is 5.32 Å². The maximum absolute atomic E-state index is 5.53. The Bertz CT molecular complexity index is 421. The molecule has 3 heteroatoms. The van der Waals surface area contributed by atoms with E-state index >= 15 is 0 Å². The van der Waals surface area contributed by atoms with E-state index in [2.05, 4.69) is 45.1 Å². The van der Waals surface area contributed by atoms with E-state index in [-0.39, 0.29) is 11.5 Å². The second kappa shape index (κ2) is 6.40. The van der Waals surface area contributed by atoms with Crippen LogP contribution < -0.4 is 10.1 Å². The summed E-state index contributed by atoms with van der Waals surface area (Å²) in [6.07, 6.45) is 0. The van der Waals surface area contributed by atoms with Crippen molar-refractivity contribution in [3.05, 3.63) is 28.8 Å². The number of benzene rings is 1. The molecule has 3 nitrogen and oxygen atoms in total. The molecule has 0 fully saturated rings. The van der Waals surface area contributed by atoms with E-state index in [9.17, 15) is 0 Å². The van der Waals surface area contributed by atoms with Gasteiger partial charge >= 0.3 is 0 Å². The molecule has 1 aromatic rings. The van der Waals surface area contributed by atoms with Gasteiger partial charge in [0.15, 0.2) is 0 Å². The molecule has 19 heavy (non-hydrogen) atoms. The molecule has 0 spiro atoms. The van der Waals surface area contributed by atoms with E-state index in [1.807, 2.05) is 7.05 Å². The highest BCUT2D eigenvalue weighted by Crippen LogP contribution is 2.35. The molecular weight excluding hydrogens is 238 g/mol. The first kappa shape index (κ1) is 16.0. The second-order valence-electron chi connectivity index (χ2n) is 5.96. The van der Waals surface area contributed by atoms with Crippen molar-refractivity contribution >= 4 is 0 Å². The molecule has 0 saturated carbocycles. The third-order valence-corrected chi connectivity index (χ3v) is 3.45. The van der Waals surface area contributed by atoms with Crippen LogP contribution in [0.5, 0.6) is 5.75 Å². The molecule has 0 aliphatic rings. The molecule has 0 amide bonds. The van der Waals surface area contributed by atoms with E-state index in [0.29, 0.717) is 6.61 Å². The van der Waals surface area contributed by atoms with Crippen LogP contribution in [-0.4, -0.2) is 27.9 Å². The summed E-state index contributed by atoms with van der Waals surface area (Å²) in [6, 6.07) is 4.57. The molecule has 1 N–H and O–H groups in total. The van der Waals surface area contributed by atoms with Gasteiger partial charge in [0.25, 0.3) is 0 Å². The molecule has 0 aromatic heterocycles. The predicted octanol–water partition coefficient (Wildman–Crippen LogP) is 3.21. The van der Waals surface area contributed by atoms with Gasteiger partial charge in [0, 0.05) is 7.11 Å². The molecule has 108 valence electrons. The SMILES string of the molecule is CNC(COC)c1cc(C(C)(C)C)c(OC)cc1C. The van der Waals surface area contributed by atoms with Gasteiger partial charge in [-0.05, 0) is 48.2 Å². The van der Waals surface area contributed by atoms with Crippen LogP contribution in [0.25, 0.3) is 0 Å². The molecule has 0 bridgehead atoms. The lowest BCUT2D eigenvalue weighted by atomic mass is 9.83. The van der Waals surface area contributed by atoms with Gasteiger partial charge in [0.05, 0.1) is 19.8 Å². The zero-order chi connectivity index (χ0) is 14.6. The summed E-state index contributed by atoms with van der Waals surface area (Å²) >= 11 is 0. The van der Waals surface area contributed by atoms with Gasteiger partial charge in [-0.2, -0.15) is 0 Å². The lowest BCUT2D eigenvalue weighted by Crippen LogP contribution is -2.23. The smallest absolute Gasteiger partial charge is 0.122 e. The van der Waals surface area contributed by atoms with Crippen molar-refractivity contribution < 1.29 is 9.47 Å². The number of likely N-dealkylation sites (N-methyl/N-ethyl adjacent to an activating group) is 1. The summed E-state index contributed by atoms with van der Waals surface area (Å²) in [5.74, 6) is 0.959. The molecule has 1 aromatic carbocycles. The zero-order valence-corrected chi connectivity index (χ0v) is 13.3. The molecule has 0 radical (unpaired) electrons. The number of nitrogens with one attached hydrogen (secondary N) is 1. The summed E-state index contributed by atoms with van der Waals surface area (Å²) in [5.41, 5.74) is 3.78. The number of rotatable bonds is 5. The lowest BCUT2D eigenvalue weighted by Gasteiger charge is -2.26. The number of ether oxygens (including phenoxy) is 2. The molecule has 1 unspecified atom stereocenters. The Morgan fingerprint density at radius 3 is 2.26 bits per heavy atom. The summed E-state index contributed by atoms with van der Waals surface area (Å²) in [6.45, 7) is 9.38. The fraction of sp³-hybridized carbons (Fsp3) is 0.625. The average Bonchev–Trinajstić information content (AvgIpc) is 2.34. The number of methoxy groups -OCH3 is 2. The second-order valence-corrected chi connectivity index (χ2v) is 5.96. The van der Waals surface area contributed by atoms with E-state index in [1.54, 1.807) is 14.2 Å². The van der Waals surface area contributed by atoms with Gasteiger partial charge in [-0.1, -0.05) is 20.8 Å². The Balaban J connectivity index is 3.34. The van der Waals surface area contributed by atoms with Crippen molar-refractivity contribution in [2.24, 2.45) is 0 Å². The normalized spacial score (nSPS) is 13.4. The van der Waals surface area contributed by atoms with E-state index in [4.69, 9.17) is 9.47 Å². The van der Waals surface area contributed by atoms with Crippen LogP contribution in [0.1, 0.15) is 43.5 Å². The van der Waals surface area contributed by atoms with Gasteiger partial charge in [0.2, 0.25) is 0 Å². The fourth-order valence-corrected chi connectivity index (χ4v) is 2.32. The maximum Gasteiger partial charge on any atom is 0.122 e. The van der Waals surface area contributed by atoms with Crippen molar-refractivity contribution in [1.29, 1.82) is 0 Å². The summed E-state index contributed by atoms with van der Waals surface area (Å²) in [4.78, 5) is 0. The Morgan fingerprint density at radius 2 is 1.84 bits per heavy atom. The summed E-state index contributed by atoms with van der Waals surface area (Å²) in [5, 5.41) is 3.31. The van der Waals surface area contributed by atoms with Crippen LogP contribution in [0.3, 0.4) is 0 Å². The van der Waals surface area contributed by atoms with Crippen molar-refractivity contribution in [3.8, 4) is 5.75 Å². The Morgan fingerprint density at radius 1 is 1.21 bits per heavy atom. The zero-order valence-electron chi connectivity index (χ0n) is 13.3. The Kier molecular flexibility index (Phi) is 5.39. The van der Waals surface area contributed by atoms with Gasteiger partial charge in [0.1, 0.15) is 5.75 Å². The van der Waals surface area contributed by atoms with Crippen molar-refractivity contribution in [3.63, 3.8) is 0 Å². The molecule has 0 aliphatic heterocycles. The highest BCUT2D eigenvalue weighted by molar-refractivity contribution is 5.46. The van der Waals surface area contributed by atoms with Crippen LogP contribution >= 0.6 is 0 Å². The Labute approximate surface area is 117 Å². The van der Waals surface area contributed by atoms with Gasteiger partial charge in [-0.25, -0.2) is 0 Å². The van der Waals surface area contributed by atoms with Gasteiger partial charge in [-0.3, -0.25) is 0 Å². The maximum atomic E-state index is 5.53. The topological polar surface area (TPSA) is 30.5 Å². The first-order valence-corrected chi connectivity index (χ1v) is 6.70. The number of hydrogen-bond donors (Lipinski definition) is 1. The molecular formula is C16H27NO2. The van der Waals surface area contributed by atoms with Crippen LogP contribution in [0, 0.1) is 6.92 Å². The molecule has 0 heterocycles. The monoisotopic (exact) mass is 265 g/mol. The summed E-state index contributed by atoms with van der Waals surface area (Å²) in [7, 11) is 5.42. The fourth-order valence-electron chi connectivity index (χ4n) is 2.32. The molecule has 1 rings (SSSR count). The first-order valence-electron chi connectivity index (χ1n) is 6.70. The summed E-state index contributed by atoms with van der Waals surface area (Å²) < 4.78 is 10.8. The molecule has 0 aliphatic carbocycles. The van der Waals surface area contributed by atoms with E-state index in [1.165, 1.54) is 16.7 Å². The van der Waals surface area contributed by atoms with Crippen LogP contribution in [0.4, 0.5) is 0 Å². The highest BCUT2D eigenvalue weighted by atomic mass is 16.5.